The zero-order valence-electron chi connectivity index (χ0n) is 15.3. The molecule has 0 radical (unpaired) electrons. The summed E-state index contributed by atoms with van der Waals surface area (Å²) in [7, 11) is 0. The maximum Gasteiger partial charge on any atom is 0.164 e. The molecule has 4 aromatic rings. The van der Waals surface area contributed by atoms with Gasteiger partial charge in [0.25, 0.3) is 0 Å². The minimum absolute atomic E-state index is 0.0728. The first-order valence-electron chi connectivity index (χ1n) is 9.18. The number of ether oxygens (including phenoxy) is 2. The lowest BCUT2D eigenvalue weighted by Gasteiger charge is -2.17. The molecular weight excluding hydrogens is 374 g/mol. The van der Waals surface area contributed by atoms with Crippen LogP contribution in [0.2, 0.25) is 0 Å². The molecule has 9 heteroatoms. The highest BCUT2D eigenvalue weighted by Gasteiger charge is 2.44. The lowest BCUT2D eigenvalue weighted by molar-refractivity contribution is -0.0471. The van der Waals surface area contributed by atoms with Gasteiger partial charge in [0.2, 0.25) is 0 Å². The van der Waals surface area contributed by atoms with E-state index in [0.29, 0.717) is 22.6 Å². The number of pyridine rings is 1. The molecule has 0 saturated carbocycles. The van der Waals surface area contributed by atoms with E-state index in [4.69, 9.17) is 15.2 Å². The zero-order valence-corrected chi connectivity index (χ0v) is 15.3. The Bertz CT molecular complexity index is 1180. The zero-order chi connectivity index (χ0) is 20.0. The number of nitrogens with two attached hydrogens (primary N) is 1. The fourth-order valence-corrected chi connectivity index (χ4v) is 3.61. The summed E-state index contributed by atoms with van der Waals surface area (Å²) in [5.41, 5.74) is 7.20. The van der Waals surface area contributed by atoms with Crippen LogP contribution >= 0.6 is 0 Å². The first kappa shape index (κ1) is 17.8. The number of anilines is 1. The Morgan fingerprint density at radius 2 is 2.00 bits per heavy atom. The predicted octanol–water partition coefficient (Wildman–Crippen LogP) is 1.26. The van der Waals surface area contributed by atoms with Crippen molar-refractivity contribution in [2.24, 2.45) is 0 Å². The number of nitrogens with zero attached hydrogens (tertiary/aromatic N) is 4. The van der Waals surface area contributed by atoms with Crippen molar-refractivity contribution >= 4 is 27.8 Å². The van der Waals surface area contributed by atoms with Crippen molar-refractivity contribution in [1.82, 2.24) is 19.5 Å². The number of hydrogen-bond acceptors (Lipinski definition) is 8. The molecule has 0 bridgehead atoms. The summed E-state index contributed by atoms with van der Waals surface area (Å²) in [5.74, 6) is 0.948. The van der Waals surface area contributed by atoms with Crippen LogP contribution in [0, 0.1) is 0 Å². The molecule has 4 atom stereocenters. The third kappa shape index (κ3) is 3.05. The van der Waals surface area contributed by atoms with E-state index < -0.39 is 24.5 Å². The van der Waals surface area contributed by atoms with E-state index in [0.717, 1.165) is 10.9 Å². The van der Waals surface area contributed by atoms with Gasteiger partial charge in [-0.2, -0.15) is 0 Å². The largest absolute Gasteiger partial charge is 0.491 e. The molecule has 0 unspecified atom stereocenters. The van der Waals surface area contributed by atoms with Crippen LogP contribution in [0.25, 0.3) is 21.9 Å². The monoisotopic (exact) mass is 393 g/mol. The average Bonchev–Trinajstić information content (AvgIpc) is 3.29. The Morgan fingerprint density at radius 3 is 2.90 bits per heavy atom. The van der Waals surface area contributed by atoms with E-state index in [1.807, 2.05) is 30.3 Å². The van der Waals surface area contributed by atoms with Crippen molar-refractivity contribution in [2.45, 2.75) is 24.5 Å². The summed E-state index contributed by atoms with van der Waals surface area (Å²) < 4.78 is 13.3. The van der Waals surface area contributed by atoms with Crippen LogP contribution < -0.4 is 10.5 Å². The topological polar surface area (TPSA) is 129 Å². The highest BCUT2D eigenvalue weighted by Crippen LogP contribution is 2.33. The molecule has 5 rings (SSSR count). The second-order valence-corrected chi connectivity index (χ2v) is 6.93. The molecule has 1 saturated heterocycles. The van der Waals surface area contributed by atoms with Crippen LogP contribution in [0.5, 0.6) is 5.75 Å². The molecule has 0 spiro atoms. The van der Waals surface area contributed by atoms with Gasteiger partial charge in [0.1, 0.15) is 48.5 Å². The Labute approximate surface area is 165 Å². The van der Waals surface area contributed by atoms with Gasteiger partial charge in [-0.1, -0.05) is 6.07 Å². The molecule has 148 valence electrons. The summed E-state index contributed by atoms with van der Waals surface area (Å²) in [4.78, 5) is 12.5. The number of aliphatic hydroxyl groups excluding tert-OH is 2. The van der Waals surface area contributed by atoms with Gasteiger partial charge >= 0.3 is 0 Å². The predicted molar refractivity (Wildman–Crippen MR) is 105 cm³/mol. The van der Waals surface area contributed by atoms with E-state index >= 15 is 0 Å². The molecular formula is C20H19N5O4. The molecule has 1 aromatic carbocycles. The fourth-order valence-electron chi connectivity index (χ4n) is 3.61. The van der Waals surface area contributed by atoms with Gasteiger partial charge < -0.3 is 30.0 Å². The van der Waals surface area contributed by atoms with E-state index in [9.17, 15) is 10.2 Å². The Morgan fingerprint density at radius 1 is 1.10 bits per heavy atom. The summed E-state index contributed by atoms with van der Waals surface area (Å²) >= 11 is 0. The number of aromatic nitrogens is 4. The maximum atomic E-state index is 10.5. The van der Waals surface area contributed by atoms with Gasteiger partial charge in [0, 0.05) is 23.8 Å². The molecule has 1 fully saturated rings. The van der Waals surface area contributed by atoms with Crippen LogP contribution in [0.1, 0.15) is 6.23 Å². The molecule has 4 heterocycles. The second kappa shape index (κ2) is 6.96. The van der Waals surface area contributed by atoms with Gasteiger partial charge in [-0.05, 0) is 24.3 Å². The lowest BCUT2D eigenvalue weighted by atomic mass is 10.1. The number of hydrogen-bond donors (Lipinski definition) is 3. The quantitative estimate of drug-likeness (QED) is 0.473. The molecule has 3 aromatic heterocycles. The number of benzene rings is 1. The first-order valence-corrected chi connectivity index (χ1v) is 9.18. The summed E-state index contributed by atoms with van der Waals surface area (Å²) in [6.45, 7) is 0.0728. The summed E-state index contributed by atoms with van der Waals surface area (Å²) in [6.07, 6.45) is 0.974. The number of rotatable bonds is 4. The third-order valence-electron chi connectivity index (χ3n) is 5.14. The van der Waals surface area contributed by atoms with Crippen LogP contribution in [-0.2, 0) is 4.74 Å². The van der Waals surface area contributed by atoms with Crippen molar-refractivity contribution in [2.75, 3.05) is 12.3 Å². The normalized spacial score (nSPS) is 24.3. The van der Waals surface area contributed by atoms with E-state index in [1.165, 1.54) is 6.33 Å². The van der Waals surface area contributed by atoms with Gasteiger partial charge in [-0.15, -0.1) is 0 Å². The Balaban J connectivity index is 1.34. The van der Waals surface area contributed by atoms with Crippen molar-refractivity contribution in [3.05, 3.63) is 55.1 Å². The van der Waals surface area contributed by atoms with Gasteiger partial charge in [-0.3, -0.25) is 4.98 Å². The van der Waals surface area contributed by atoms with Crippen molar-refractivity contribution in [1.29, 1.82) is 0 Å². The number of nitrogen functional groups attached to an aromatic ring is 1. The molecule has 0 amide bonds. The molecule has 0 aliphatic carbocycles. The smallest absolute Gasteiger partial charge is 0.164 e. The highest BCUT2D eigenvalue weighted by atomic mass is 16.6. The number of fused-ring (bicyclic) bond motifs is 2. The van der Waals surface area contributed by atoms with Crippen LogP contribution in [0.4, 0.5) is 5.82 Å². The van der Waals surface area contributed by atoms with Gasteiger partial charge in [0.05, 0.1) is 10.9 Å². The molecule has 29 heavy (non-hydrogen) atoms. The van der Waals surface area contributed by atoms with Gasteiger partial charge in [0.15, 0.2) is 6.23 Å². The summed E-state index contributed by atoms with van der Waals surface area (Å²) in [6, 6.07) is 11.2. The maximum absolute atomic E-state index is 10.5. The van der Waals surface area contributed by atoms with Crippen molar-refractivity contribution in [3.8, 4) is 5.75 Å². The lowest BCUT2D eigenvalue weighted by Crippen LogP contribution is -2.34. The summed E-state index contributed by atoms with van der Waals surface area (Å²) in [5, 5.41) is 22.7. The van der Waals surface area contributed by atoms with E-state index in [2.05, 4.69) is 15.0 Å². The van der Waals surface area contributed by atoms with Crippen LogP contribution in [0.15, 0.2) is 55.1 Å². The SMILES string of the molecule is Nc1ncnc2c1ccn2[C@@H]1O[C@H](COc2ccc3cccnc3c2)[C@@H](O)[C@H]1O. The standard InChI is InChI=1S/C20H19N5O4/c21-18-13-5-7-25(19(13)24-10-23-18)20-17(27)16(26)15(29-20)9-28-12-4-3-11-2-1-6-22-14(11)8-12/h1-8,10,15-17,20,26-27H,9H2,(H2,21,23,24)/t15-,16-,17-,20-/m1/s1. The molecule has 1 aliphatic heterocycles. The highest BCUT2D eigenvalue weighted by molar-refractivity contribution is 5.86. The Kier molecular flexibility index (Phi) is 4.27. The van der Waals surface area contributed by atoms with Crippen molar-refractivity contribution in [3.63, 3.8) is 0 Å². The van der Waals surface area contributed by atoms with Crippen molar-refractivity contribution < 1.29 is 19.7 Å². The first-order chi connectivity index (χ1) is 14.1. The van der Waals surface area contributed by atoms with Crippen LogP contribution in [0.3, 0.4) is 0 Å². The molecule has 9 nitrogen and oxygen atoms in total. The fraction of sp³-hybridized carbons (Fsp3) is 0.250. The van der Waals surface area contributed by atoms with Gasteiger partial charge in [-0.25, -0.2) is 9.97 Å². The van der Waals surface area contributed by atoms with E-state index in [1.54, 1.807) is 23.0 Å². The Hall–Kier alpha value is -3.27. The minimum atomic E-state index is -1.14. The third-order valence-corrected chi connectivity index (χ3v) is 5.14. The van der Waals surface area contributed by atoms with E-state index in [-0.39, 0.29) is 6.61 Å². The average molecular weight is 393 g/mol. The molecule has 4 N–H and O–H groups in total. The second-order valence-electron chi connectivity index (χ2n) is 6.93. The molecule has 1 aliphatic rings. The minimum Gasteiger partial charge on any atom is -0.491 e. The van der Waals surface area contributed by atoms with Crippen LogP contribution in [-0.4, -0.2) is 54.7 Å². The number of aliphatic hydroxyl groups is 2.